The first-order valence-electron chi connectivity index (χ1n) is 8.13. The van der Waals surface area contributed by atoms with Crippen molar-refractivity contribution >= 4 is 17.4 Å². The lowest BCUT2D eigenvalue weighted by atomic mass is 10.1. The highest BCUT2D eigenvalue weighted by atomic mass is 16.6. The van der Waals surface area contributed by atoms with Gasteiger partial charge in [0.25, 0.3) is 5.91 Å². The van der Waals surface area contributed by atoms with Crippen LogP contribution >= 0.6 is 0 Å². The van der Waals surface area contributed by atoms with E-state index < -0.39 is 5.91 Å². The highest BCUT2D eigenvalue weighted by Gasteiger charge is 2.25. The summed E-state index contributed by atoms with van der Waals surface area (Å²) in [5, 5.41) is 19.3. The Labute approximate surface area is 157 Å². The van der Waals surface area contributed by atoms with Crippen LogP contribution < -0.4 is 11.2 Å². The number of nitrogens with two attached hydrogens (primary N) is 1. The fraction of sp³-hybridized carbons (Fsp3) is 0.0588. The number of rotatable bonds is 5. The monoisotopic (exact) mass is 378 g/mol. The Hall–Kier alpha value is -4.28. The van der Waals surface area contributed by atoms with Crippen molar-refractivity contribution in [3.05, 3.63) is 60.2 Å². The predicted molar refractivity (Wildman–Crippen MR) is 97.4 cm³/mol. The van der Waals surface area contributed by atoms with Gasteiger partial charge in [-0.15, -0.1) is 5.10 Å². The van der Waals surface area contributed by atoms with Gasteiger partial charge in [0.05, 0.1) is 6.26 Å². The fourth-order valence-electron chi connectivity index (χ4n) is 2.50. The van der Waals surface area contributed by atoms with Crippen LogP contribution in [0.2, 0.25) is 0 Å². The van der Waals surface area contributed by atoms with Crippen molar-refractivity contribution in [3.8, 4) is 17.1 Å². The van der Waals surface area contributed by atoms with Gasteiger partial charge in [-0.05, 0) is 29.4 Å². The van der Waals surface area contributed by atoms with Crippen molar-refractivity contribution in [1.29, 1.82) is 0 Å². The average molecular weight is 378 g/mol. The molecule has 0 unspecified atom stereocenters. The SMILES string of the molecule is C/C(=N/NC(=O)c1nnn(-c2nonc2N)c1-c1ccccc1)c1ccco1. The van der Waals surface area contributed by atoms with Gasteiger partial charge >= 0.3 is 0 Å². The molecule has 0 radical (unpaired) electrons. The number of hydrazone groups is 1. The molecule has 0 saturated carbocycles. The van der Waals surface area contributed by atoms with Crippen LogP contribution in [0.15, 0.2) is 62.9 Å². The number of amides is 1. The third-order valence-electron chi connectivity index (χ3n) is 3.83. The van der Waals surface area contributed by atoms with Gasteiger partial charge in [-0.25, -0.2) is 10.1 Å². The number of aromatic nitrogens is 5. The summed E-state index contributed by atoms with van der Waals surface area (Å²) in [7, 11) is 0. The maximum absolute atomic E-state index is 12.7. The van der Waals surface area contributed by atoms with Crippen molar-refractivity contribution in [2.24, 2.45) is 5.10 Å². The molecule has 0 atom stereocenters. The van der Waals surface area contributed by atoms with Gasteiger partial charge in [-0.2, -0.15) is 9.78 Å². The molecule has 0 aliphatic carbocycles. The molecule has 0 spiro atoms. The van der Waals surface area contributed by atoms with Crippen molar-refractivity contribution in [2.75, 3.05) is 5.73 Å². The minimum atomic E-state index is -0.564. The lowest BCUT2D eigenvalue weighted by molar-refractivity contribution is 0.0950. The molecule has 3 N–H and O–H groups in total. The van der Waals surface area contributed by atoms with E-state index in [-0.39, 0.29) is 17.3 Å². The van der Waals surface area contributed by atoms with Crippen LogP contribution in [-0.2, 0) is 0 Å². The second kappa shape index (κ2) is 7.15. The molecule has 1 amide bonds. The second-order valence-electron chi connectivity index (χ2n) is 5.65. The van der Waals surface area contributed by atoms with Crippen molar-refractivity contribution in [1.82, 2.24) is 30.7 Å². The van der Waals surface area contributed by atoms with Crippen LogP contribution in [0.3, 0.4) is 0 Å². The van der Waals surface area contributed by atoms with E-state index in [1.54, 1.807) is 31.2 Å². The third kappa shape index (κ3) is 3.11. The van der Waals surface area contributed by atoms with E-state index in [0.717, 1.165) is 0 Å². The van der Waals surface area contributed by atoms with E-state index in [1.165, 1.54) is 10.9 Å². The molecular formula is C17H14N8O3. The van der Waals surface area contributed by atoms with Gasteiger partial charge in [0.15, 0.2) is 5.69 Å². The summed E-state index contributed by atoms with van der Waals surface area (Å²) < 4.78 is 11.2. The van der Waals surface area contributed by atoms with E-state index in [1.807, 2.05) is 18.2 Å². The Kier molecular flexibility index (Phi) is 4.38. The summed E-state index contributed by atoms with van der Waals surface area (Å²) in [5.41, 5.74) is 9.79. The average Bonchev–Trinajstić information content (AvgIpc) is 3.46. The molecule has 3 aromatic heterocycles. The van der Waals surface area contributed by atoms with Gasteiger partial charge in [-0.3, -0.25) is 4.79 Å². The number of nitrogen functional groups attached to an aromatic ring is 1. The van der Waals surface area contributed by atoms with Gasteiger partial charge in [-0.1, -0.05) is 35.5 Å². The van der Waals surface area contributed by atoms with Crippen molar-refractivity contribution in [2.45, 2.75) is 6.92 Å². The maximum Gasteiger partial charge on any atom is 0.294 e. The molecule has 28 heavy (non-hydrogen) atoms. The van der Waals surface area contributed by atoms with Crippen LogP contribution in [0.4, 0.5) is 5.82 Å². The van der Waals surface area contributed by atoms with Crippen LogP contribution in [0, 0.1) is 0 Å². The zero-order valence-corrected chi connectivity index (χ0v) is 14.6. The number of carbonyl (C=O) groups is 1. The molecule has 4 rings (SSSR count). The Morgan fingerprint density at radius 3 is 2.68 bits per heavy atom. The van der Waals surface area contributed by atoms with Crippen LogP contribution in [-0.4, -0.2) is 36.9 Å². The zero-order valence-electron chi connectivity index (χ0n) is 14.6. The maximum atomic E-state index is 12.7. The van der Waals surface area contributed by atoms with Gasteiger partial charge < -0.3 is 10.2 Å². The number of carbonyl (C=O) groups excluding carboxylic acids is 1. The molecule has 0 aliphatic rings. The lowest BCUT2D eigenvalue weighted by Gasteiger charge is -2.05. The highest BCUT2D eigenvalue weighted by Crippen LogP contribution is 2.26. The molecule has 11 nitrogen and oxygen atoms in total. The van der Waals surface area contributed by atoms with Crippen LogP contribution in [0.1, 0.15) is 23.2 Å². The summed E-state index contributed by atoms with van der Waals surface area (Å²) in [6.45, 7) is 1.70. The first-order valence-corrected chi connectivity index (χ1v) is 8.13. The number of furan rings is 1. The molecule has 0 bridgehead atoms. The zero-order chi connectivity index (χ0) is 19.5. The molecule has 0 aliphatic heterocycles. The minimum absolute atomic E-state index is 0.0146. The van der Waals surface area contributed by atoms with Gasteiger partial charge in [0.1, 0.15) is 17.2 Å². The lowest BCUT2D eigenvalue weighted by Crippen LogP contribution is -2.20. The smallest absolute Gasteiger partial charge is 0.294 e. The summed E-state index contributed by atoms with van der Waals surface area (Å²) in [6, 6.07) is 12.5. The Morgan fingerprint density at radius 2 is 2.00 bits per heavy atom. The van der Waals surface area contributed by atoms with Crippen LogP contribution in [0.25, 0.3) is 17.1 Å². The molecule has 140 valence electrons. The quantitative estimate of drug-likeness (QED) is 0.393. The standard InChI is InChI=1S/C17H14N8O3/c1-10(12-8-5-9-27-12)19-21-17(26)13-14(11-6-3-2-4-7-11)25(24-20-13)16-15(18)22-28-23-16/h2-9H,1H3,(H2,18,22)(H,21,26)/b19-10-. The molecule has 11 heteroatoms. The molecule has 4 aromatic rings. The Balaban J connectivity index is 1.73. The number of anilines is 1. The fourth-order valence-corrected chi connectivity index (χ4v) is 2.50. The van der Waals surface area contributed by atoms with Crippen molar-refractivity contribution < 1.29 is 13.8 Å². The largest absolute Gasteiger partial charge is 0.463 e. The van der Waals surface area contributed by atoms with Crippen molar-refractivity contribution in [3.63, 3.8) is 0 Å². The summed E-state index contributed by atoms with van der Waals surface area (Å²) in [5.74, 6) is 0.112. The van der Waals surface area contributed by atoms with E-state index in [9.17, 15) is 4.79 Å². The van der Waals surface area contributed by atoms with E-state index >= 15 is 0 Å². The molecule has 1 aromatic carbocycles. The van der Waals surface area contributed by atoms with Gasteiger partial charge in [0.2, 0.25) is 11.6 Å². The summed E-state index contributed by atoms with van der Waals surface area (Å²) in [4.78, 5) is 12.7. The number of hydrogen-bond acceptors (Lipinski definition) is 9. The molecule has 3 heterocycles. The second-order valence-corrected chi connectivity index (χ2v) is 5.65. The predicted octanol–water partition coefficient (Wildman–Crippen LogP) is 1.65. The topological polar surface area (TPSA) is 150 Å². The normalized spacial score (nSPS) is 11.5. The number of benzene rings is 1. The first kappa shape index (κ1) is 17.1. The van der Waals surface area contributed by atoms with Gasteiger partial charge in [0, 0.05) is 5.56 Å². The molecule has 0 saturated heterocycles. The number of hydrogen-bond donors (Lipinski definition) is 2. The first-order chi connectivity index (χ1) is 13.6. The van der Waals surface area contributed by atoms with E-state index in [4.69, 9.17) is 10.2 Å². The Morgan fingerprint density at radius 1 is 1.18 bits per heavy atom. The van der Waals surface area contributed by atoms with Crippen LogP contribution in [0.5, 0.6) is 0 Å². The summed E-state index contributed by atoms with van der Waals surface area (Å²) in [6.07, 6.45) is 1.52. The number of nitrogens with zero attached hydrogens (tertiary/aromatic N) is 6. The van der Waals surface area contributed by atoms with E-state index in [0.29, 0.717) is 22.7 Å². The minimum Gasteiger partial charge on any atom is -0.463 e. The molecule has 0 fully saturated rings. The molecular weight excluding hydrogens is 364 g/mol. The summed E-state index contributed by atoms with van der Waals surface area (Å²) >= 11 is 0. The number of nitrogens with one attached hydrogen (secondary N) is 1. The highest BCUT2D eigenvalue weighted by molar-refractivity contribution is 6.01. The van der Waals surface area contributed by atoms with E-state index in [2.05, 4.69) is 35.8 Å². The third-order valence-corrected chi connectivity index (χ3v) is 3.83. The Bertz CT molecular complexity index is 1130.